The fourth-order valence-electron chi connectivity index (χ4n) is 2.83. The highest BCUT2D eigenvalue weighted by atomic mass is 16.6. The zero-order chi connectivity index (χ0) is 16.8. The second-order valence-electron chi connectivity index (χ2n) is 5.75. The SMILES string of the molecule is COc1ccc(NC(=O)OC2C=C(c3ccccc3)CCC2)cc1. The van der Waals surface area contributed by atoms with Gasteiger partial charge in [0, 0.05) is 5.69 Å². The van der Waals surface area contributed by atoms with E-state index in [1.54, 1.807) is 31.4 Å². The highest BCUT2D eigenvalue weighted by Crippen LogP contribution is 2.28. The van der Waals surface area contributed by atoms with E-state index in [4.69, 9.17) is 9.47 Å². The monoisotopic (exact) mass is 323 g/mol. The number of hydrogen-bond acceptors (Lipinski definition) is 3. The number of carbonyl (C=O) groups is 1. The number of benzene rings is 2. The molecule has 124 valence electrons. The average molecular weight is 323 g/mol. The van der Waals surface area contributed by atoms with Gasteiger partial charge in [-0.25, -0.2) is 4.79 Å². The van der Waals surface area contributed by atoms with Crippen LogP contribution in [-0.4, -0.2) is 19.3 Å². The fraction of sp³-hybridized carbons (Fsp3) is 0.250. The predicted octanol–water partition coefficient (Wildman–Crippen LogP) is 4.88. The molecule has 0 saturated heterocycles. The van der Waals surface area contributed by atoms with Gasteiger partial charge in [0.05, 0.1) is 7.11 Å². The van der Waals surface area contributed by atoms with Gasteiger partial charge in [0.1, 0.15) is 11.9 Å². The van der Waals surface area contributed by atoms with E-state index < -0.39 is 6.09 Å². The van der Waals surface area contributed by atoms with Gasteiger partial charge >= 0.3 is 6.09 Å². The highest BCUT2D eigenvalue weighted by Gasteiger charge is 2.18. The van der Waals surface area contributed by atoms with Crippen molar-refractivity contribution in [2.45, 2.75) is 25.4 Å². The first-order valence-corrected chi connectivity index (χ1v) is 8.12. The maximum absolute atomic E-state index is 12.1. The van der Waals surface area contributed by atoms with Crippen molar-refractivity contribution in [3.63, 3.8) is 0 Å². The second kappa shape index (κ2) is 7.68. The summed E-state index contributed by atoms with van der Waals surface area (Å²) in [6, 6.07) is 17.4. The molecule has 3 rings (SSSR count). The second-order valence-corrected chi connectivity index (χ2v) is 5.75. The number of rotatable bonds is 4. The Morgan fingerprint density at radius 2 is 1.83 bits per heavy atom. The Morgan fingerprint density at radius 1 is 1.08 bits per heavy atom. The van der Waals surface area contributed by atoms with Gasteiger partial charge in [0.15, 0.2) is 0 Å². The van der Waals surface area contributed by atoms with E-state index in [1.165, 1.54) is 11.1 Å². The Balaban J connectivity index is 1.61. The summed E-state index contributed by atoms with van der Waals surface area (Å²) in [5.74, 6) is 0.747. The Kier molecular flexibility index (Phi) is 5.16. The van der Waals surface area contributed by atoms with Crippen LogP contribution in [0.25, 0.3) is 5.57 Å². The molecule has 24 heavy (non-hydrogen) atoms. The normalized spacial score (nSPS) is 16.9. The molecule has 4 heteroatoms. The van der Waals surface area contributed by atoms with Crippen molar-refractivity contribution in [3.8, 4) is 5.75 Å². The van der Waals surface area contributed by atoms with Crippen LogP contribution in [0.15, 0.2) is 60.7 Å². The third-order valence-electron chi connectivity index (χ3n) is 4.06. The van der Waals surface area contributed by atoms with Gasteiger partial charge in [0.25, 0.3) is 0 Å². The highest BCUT2D eigenvalue weighted by molar-refractivity contribution is 5.85. The summed E-state index contributed by atoms with van der Waals surface area (Å²) in [5, 5.41) is 2.75. The van der Waals surface area contributed by atoms with E-state index in [2.05, 4.69) is 23.5 Å². The Morgan fingerprint density at radius 3 is 2.54 bits per heavy atom. The minimum atomic E-state index is -0.435. The number of amides is 1. The molecule has 1 N–H and O–H groups in total. The first-order chi connectivity index (χ1) is 11.7. The lowest BCUT2D eigenvalue weighted by atomic mass is 9.92. The van der Waals surface area contributed by atoms with Crippen LogP contribution in [0.2, 0.25) is 0 Å². The molecule has 2 aromatic carbocycles. The van der Waals surface area contributed by atoms with Crippen LogP contribution in [0.4, 0.5) is 10.5 Å². The number of allylic oxidation sites excluding steroid dienone is 1. The molecule has 2 aromatic rings. The molecule has 1 amide bonds. The molecule has 0 saturated carbocycles. The Hall–Kier alpha value is -2.75. The molecule has 0 heterocycles. The van der Waals surface area contributed by atoms with Crippen LogP contribution in [0.3, 0.4) is 0 Å². The van der Waals surface area contributed by atoms with Crippen LogP contribution >= 0.6 is 0 Å². The van der Waals surface area contributed by atoms with Crippen LogP contribution in [0.1, 0.15) is 24.8 Å². The van der Waals surface area contributed by atoms with E-state index >= 15 is 0 Å². The van der Waals surface area contributed by atoms with Gasteiger partial charge in [0.2, 0.25) is 0 Å². The summed E-state index contributed by atoms with van der Waals surface area (Å²) < 4.78 is 10.6. The molecule has 0 aromatic heterocycles. The number of hydrogen-bond donors (Lipinski definition) is 1. The van der Waals surface area contributed by atoms with Gasteiger partial charge in [-0.2, -0.15) is 0 Å². The van der Waals surface area contributed by atoms with Crippen molar-refractivity contribution in [2.75, 3.05) is 12.4 Å². The van der Waals surface area contributed by atoms with Gasteiger partial charge in [-0.3, -0.25) is 5.32 Å². The standard InChI is InChI=1S/C20H21NO3/c1-23-18-12-10-17(11-13-18)21-20(22)24-19-9-5-8-16(14-19)15-6-3-2-4-7-15/h2-4,6-7,10-14,19H,5,8-9H2,1H3,(H,21,22). The summed E-state index contributed by atoms with van der Waals surface area (Å²) in [6.45, 7) is 0. The summed E-state index contributed by atoms with van der Waals surface area (Å²) >= 11 is 0. The molecule has 0 aliphatic heterocycles. The summed E-state index contributed by atoms with van der Waals surface area (Å²) in [5.41, 5.74) is 3.12. The molecule has 0 fully saturated rings. The number of ether oxygens (including phenoxy) is 2. The number of nitrogens with one attached hydrogen (secondary N) is 1. The molecule has 1 aliphatic carbocycles. The van der Waals surface area contributed by atoms with Crippen LogP contribution in [0, 0.1) is 0 Å². The molecule has 1 unspecified atom stereocenters. The lowest BCUT2D eigenvalue weighted by Gasteiger charge is -2.22. The predicted molar refractivity (Wildman–Crippen MR) is 95.2 cm³/mol. The Bertz CT molecular complexity index is 707. The van der Waals surface area contributed by atoms with E-state index in [1.807, 2.05) is 18.2 Å². The molecule has 0 radical (unpaired) electrons. The average Bonchev–Trinajstić information content (AvgIpc) is 2.63. The zero-order valence-electron chi connectivity index (χ0n) is 13.7. The molecule has 4 nitrogen and oxygen atoms in total. The van der Waals surface area contributed by atoms with E-state index in [9.17, 15) is 4.79 Å². The number of anilines is 1. The van der Waals surface area contributed by atoms with E-state index in [-0.39, 0.29) is 6.10 Å². The zero-order valence-corrected chi connectivity index (χ0v) is 13.7. The lowest BCUT2D eigenvalue weighted by Crippen LogP contribution is -2.23. The van der Waals surface area contributed by atoms with Crippen molar-refractivity contribution < 1.29 is 14.3 Å². The van der Waals surface area contributed by atoms with Gasteiger partial charge in [-0.1, -0.05) is 30.3 Å². The molecule has 0 bridgehead atoms. The maximum atomic E-state index is 12.1. The summed E-state index contributed by atoms with van der Waals surface area (Å²) in [7, 11) is 1.61. The number of carbonyl (C=O) groups excluding carboxylic acids is 1. The Labute approximate surface area is 142 Å². The third-order valence-corrected chi connectivity index (χ3v) is 4.06. The van der Waals surface area contributed by atoms with Gasteiger partial charge in [-0.05, 0) is 60.7 Å². The van der Waals surface area contributed by atoms with Gasteiger partial charge < -0.3 is 9.47 Å². The van der Waals surface area contributed by atoms with Crippen molar-refractivity contribution >= 4 is 17.4 Å². The molecule has 1 atom stereocenters. The van der Waals surface area contributed by atoms with E-state index in [0.717, 1.165) is 25.0 Å². The quantitative estimate of drug-likeness (QED) is 0.872. The van der Waals surface area contributed by atoms with E-state index in [0.29, 0.717) is 5.69 Å². The van der Waals surface area contributed by atoms with Gasteiger partial charge in [-0.15, -0.1) is 0 Å². The summed E-state index contributed by atoms with van der Waals surface area (Å²) in [6.07, 6.45) is 4.33. The molecule has 1 aliphatic rings. The third kappa shape index (κ3) is 4.16. The molecule has 0 spiro atoms. The topological polar surface area (TPSA) is 47.6 Å². The first-order valence-electron chi connectivity index (χ1n) is 8.12. The smallest absolute Gasteiger partial charge is 0.412 e. The molecular weight excluding hydrogens is 302 g/mol. The minimum absolute atomic E-state index is 0.188. The minimum Gasteiger partial charge on any atom is -0.497 e. The van der Waals surface area contributed by atoms with Crippen LogP contribution in [0.5, 0.6) is 5.75 Å². The van der Waals surface area contributed by atoms with Crippen molar-refractivity contribution in [1.29, 1.82) is 0 Å². The largest absolute Gasteiger partial charge is 0.497 e. The van der Waals surface area contributed by atoms with Crippen molar-refractivity contribution in [3.05, 3.63) is 66.2 Å². The lowest BCUT2D eigenvalue weighted by molar-refractivity contribution is 0.127. The maximum Gasteiger partial charge on any atom is 0.412 e. The summed E-state index contributed by atoms with van der Waals surface area (Å²) in [4.78, 5) is 12.1. The first kappa shape index (κ1) is 16.1. The van der Waals surface area contributed by atoms with Crippen molar-refractivity contribution in [1.82, 2.24) is 0 Å². The molecular formula is C20H21NO3. The van der Waals surface area contributed by atoms with Crippen LogP contribution < -0.4 is 10.1 Å². The number of methoxy groups -OCH3 is 1. The fourth-order valence-corrected chi connectivity index (χ4v) is 2.83. The van der Waals surface area contributed by atoms with Crippen molar-refractivity contribution in [2.24, 2.45) is 0 Å². The van der Waals surface area contributed by atoms with Crippen LogP contribution in [-0.2, 0) is 4.74 Å².